The Morgan fingerprint density at radius 1 is 1.32 bits per heavy atom. The molecule has 1 saturated carbocycles. The molecule has 1 aliphatic carbocycles. The fourth-order valence-electron chi connectivity index (χ4n) is 3.22. The van der Waals surface area contributed by atoms with E-state index < -0.39 is 6.10 Å². The van der Waals surface area contributed by atoms with Gasteiger partial charge in [0.05, 0.1) is 7.11 Å². The van der Waals surface area contributed by atoms with Crippen molar-refractivity contribution in [1.82, 2.24) is 5.32 Å². The maximum absolute atomic E-state index is 12.5. The monoisotopic (exact) mass is 411 g/mol. The topological polar surface area (TPSA) is 64.6 Å². The molecule has 4 atom stereocenters. The first-order valence-electron chi connectivity index (χ1n) is 8.67. The maximum Gasteiger partial charge on any atom is 0.261 e. The summed E-state index contributed by atoms with van der Waals surface area (Å²) in [6.45, 7) is 6.12. The molecule has 1 aliphatic rings. The molecule has 0 unspecified atom stereocenters. The summed E-state index contributed by atoms with van der Waals surface area (Å²) in [5.74, 6) is 1.76. The van der Waals surface area contributed by atoms with Crippen molar-refractivity contribution in [3.8, 4) is 11.5 Å². The lowest BCUT2D eigenvalue weighted by atomic mass is 9.78. The van der Waals surface area contributed by atoms with Crippen LogP contribution < -0.4 is 14.8 Å². The van der Waals surface area contributed by atoms with Crippen LogP contribution in [0.1, 0.15) is 50.4 Å². The highest BCUT2D eigenvalue weighted by Crippen LogP contribution is 2.34. The summed E-state index contributed by atoms with van der Waals surface area (Å²) in [5, 5.41) is 3.11. The first-order chi connectivity index (χ1) is 11.9. The van der Waals surface area contributed by atoms with Crippen LogP contribution in [0.3, 0.4) is 0 Å². The third-order valence-corrected chi connectivity index (χ3v) is 5.80. The van der Waals surface area contributed by atoms with Gasteiger partial charge in [-0.15, -0.1) is 0 Å². The number of hydrogen-bond acceptors (Lipinski definition) is 4. The van der Waals surface area contributed by atoms with E-state index in [1.807, 2.05) is 0 Å². The number of nitrogens with one attached hydrogen (secondary N) is 1. The average Bonchev–Trinajstić information content (AvgIpc) is 2.59. The first kappa shape index (κ1) is 19.8. The molecule has 1 aromatic rings. The number of hydrogen-bond donors (Lipinski definition) is 1. The summed E-state index contributed by atoms with van der Waals surface area (Å²) in [4.78, 5) is 23.7. The third kappa shape index (κ3) is 4.75. The van der Waals surface area contributed by atoms with E-state index in [4.69, 9.17) is 9.47 Å². The van der Waals surface area contributed by atoms with Gasteiger partial charge in [0.25, 0.3) is 5.91 Å². The van der Waals surface area contributed by atoms with Crippen molar-refractivity contribution in [3.63, 3.8) is 0 Å². The molecule has 1 amide bonds. The molecule has 1 N–H and O–H groups in total. The SMILES string of the molecule is COc1cc(Br)c(C=O)cc1O[C@H](C)C(=O)N[C@@H]1CCC[C@@H](C)[C@H]1C. The summed E-state index contributed by atoms with van der Waals surface area (Å²) in [6.07, 6.45) is 3.39. The Labute approximate surface area is 157 Å². The standard InChI is InChI=1S/C19H26BrNO4/c1-11-6-5-7-16(12(11)2)21-19(23)13(3)25-18-8-14(10-22)15(20)9-17(18)24-4/h8-13,16H,5-7H2,1-4H3,(H,21,23)/t11-,12-,13-,16-/m1/s1. The Morgan fingerprint density at radius 2 is 2.04 bits per heavy atom. The molecule has 25 heavy (non-hydrogen) atoms. The second-order valence-corrected chi connectivity index (χ2v) is 7.64. The van der Waals surface area contributed by atoms with Crippen molar-refractivity contribution in [2.45, 2.75) is 52.2 Å². The van der Waals surface area contributed by atoms with Crippen LogP contribution in [0.2, 0.25) is 0 Å². The van der Waals surface area contributed by atoms with Crippen LogP contribution in [-0.2, 0) is 4.79 Å². The summed E-state index contributed by atoms with van der Waals surface area (Å²) < 4.78 is 11.7. The molecule has 0 spiro atoms. The molecule has 0 aromatic heterocycles. The number of carbonyl (C=O) groups excluding carboxylic acids is 2. The zero-order chi connectivity index (χ0) is 18.6. The van der Waals surface area contributed by atoms with Crippen LogP contribution in [0.15, 0.2) is 16.6 Å². The second-order valence-electron chi connectivity index (χ2n) is 6.78. The Bertz CT molecular complexity index is 634. The number of carbonyl (C=O) groups is 2. The van der Waals surface area contributed by atoms with Crippen LogP contribution in [0.4, 0.5) is 0 Å². The van der Waals surface area contributed by atoms with Crippen LogP contribution in [0.5, 0.6) is 11.5 Å². The van der Waals surface area contributed by atoms with E-state index >= 15 is 0 Å². The zero-order valence-corrected chi connectivity index (χ0v) is 16.8. The van der Waals surface area contributed by atoms with Gasteiger partial charge in [-0.3, -0.25) is 9.59 Å². The first-order valence-corrected chi connectivity index (χ1v) is 9.46. The lowest BCUT2D eigenvalue weighted by Crippen LogP contribution is -2.48. The zero-order valence-electron chi connectivity index (χ0n) is 15.2. The quantitative estimate of drug-likeness (QED) is 0.718. The van der Waals surface area contributed by atoms with Crippen LogP contribution in [0.25, 0.3) is 0 Å². The number of ether oxygens (including phenoxy) is 2. The third-order valence-electron chi connectivity index (χ3n) is 5.12. The van der Waals surface area contributed by atoms with E-state index in [1.165, 1.54) is 13.5 Å². The van der Waals surface area contributed by atoms with Crippen molar-refractivity contribution in [2.24, 2.45) is 11.8 Å². The van der Waals surface area contributed by atoms with E-state index in [9.17, 15) is 9.59 Å². The number of methoxy groups -OCH3 is 1. The van der Waals surface area contributed by atoms with Crippen LogP contribution in [-0.4, -0.2) is 31.4 Å². The molecule has 1 aromatic carbocycles. The van der Waals surface area contributed by atoms with E-state index in [-0.39, 0.29) is 11.9 Å². The van der Waals surface area contributed by atoms with Gasteiger partial charge in [0.2, 0.25) is 0 Å². The molecule has 2 rings (SSSR count). The van der Waals surface area contributed by atoms with Gasteiger partial charge >= 0.3 is 0 Å². The van der Waals surface area contributed by atoms with Crippen molar-refractivity contribution < 1.29 is 19.1 Å². The van der Waals surface area contributed by atoms with Crippen molar-refractivity contribution in [1.29, 1.82) is 0 Å². The normalized spacial score (nSPS) is 24.3. The largest absolute Gasteiger partial charge is 0.493 e. The van der Waals surface area contributed by atoms with E-state index in [0.717, 1.165) is 19.1 Å². The van der Waals surface area contributed by atoms with Gasteiger partial charge in [0.15, 0.2) is 23.9 Å². The Morgan fingerprint density at radius 3 is 2.68 bits per heavy atom. The lowest BCUT2D eigenvalue weighted by Gasteiger charge is -2.35. The highest BCUT2D eigenvalue weighted by Gasteiger charge is 2.30. The van der Waals surface area contributed by atoms with Gasteiger partial charge in [0, 0.05) is 16.1 Å². The van der Waals surface area contributed by atoms with E-state index in [1.54, 1.807) is 19.1 Å². The van der Waals surface area contributed by atoms with Crippen LogP contribution in [0, 0.1) is 11.8 Å². The molecular weight excluding hydrogens is 386 g/mol. The van der Waals surface area contributed by atoms with Gasteiger partial charge < -0.3 is 14.8 Å². The minimum atomic E-state index is -0.681. The number of rotatable bonds is 6. The van der Waals surface area contributed by atoms with Crippen molar-refractivity contribution in [2.75, 3.05) is 7.11 Å². The van der Waals surface area contributed by atoms with Gasteiger partial charge in [-0.2, -0.15) is 0 Å². The predicted octanol–water partition coefficient (Wildman–Crippen LogP) is 3.98. The number of aldehydes is 1. The minimum Gasteiger partial charge on any atom is -0.493 e. The highest BCUT2D eigenvalue weighted by atomic mass is 79.9. The molecule has 0 radical (unpaired) electrons. The van der Waals surface area contributed by atoms with Crippen LogP contribution >= 0.6 is 15.9 Å². The fourth-order valence-corrected chi connectivity index (χ4v) is 3.64. The molecule has 138 valence electrons. The van der Waals surface area contributed by atoms with Gasteiger partial charge in [-0.1, -0.05) is 26.7 Å². The van der Waals surface area contributed by atoms with Crippen molar-refractivity contribution >= 4 is 28.1 Å². The van der Waals surface area contributed by atoms with Gasteiger partial charge in [-0.05, 0) is 53.2 Å². The summed E-state index contributed by atoms with van der Waals surface area (Å²) in [5.41, 5.74) is 0.443. The molecule has 0 heterocycles. The summed E-state index contributed by atoms with van der Waals surface area (Å²) >= 11 is 3.31. The molecular formula is C19H26BrNO4. The second kappa shape index (κ2) is 8.70. The molecule has 0 bridgehead atoms. The number of benzene rings is 1. The minimum absolute atomic E-state index is 0.149. The Kier molecular flexibility index (Phi) is 6.87. The van der Waals surface area contributed by atoms with Crippen molar-refractivity contribution in [3.05, 3.63) is 22.2 Å². The average molecular weight is 412 g/mol. The Balaban J connectivity index is 2.07. The molecule has 6 heteroatoms. The van der Waals surface area contributed by atoms with Gasteiger partial charge in [0.1, 0.15) is 0 Å². The van der Waals surface area contributed by atoms with E-state index in [0.29, 0.717) is 33.4 Å². The smallest absolute Gasteiger partial charge is 0.261 e. The molecule has 0 saturated heterocycles. The molecule has 5 nitrogen and oxygen atoms in total. The highest BCUT2D eigenvalue weighted by molar-refractivity contribution is 9.10. The van der Waals surface area contributed by atoms with E-state index in [2.05, 4.69) is 35.1 Å². The van der Waals surface area contributed by atoms with Gasteiger partial charge in [-0.25, -0.2) is 0 Å². The number of amides is 1. The number of halogens is 1. The summed E-state index contributed by atoms with van der Waals surface area (Å²) in [6, 6.07) is 3.42. The maximum atomic E-state index is 12.5. The molecule has 0 aliphatic heterocycles. The molecule has 1 fully saturated rings. The summed E-state index contributed by atoms with van der Waals surface area (Å²) in [7, 11) is 1.52. The fraction of sp³-hybridized carbons (Fsp3) is 0.579. The predicted molar refractivity (Wildman–Crippen MR) is 100 cm³/mol. The lowest BCUT2D eigenvalue weighted by molar-refractivity contribution is -0.128. The Hall–Kier alpha value is -1.56.